The minimum atomic E-state index is -0.0781. The lowest BCUT2D eigenvalue weighted by molar-refractivity contribution is -0.127. The Labute approximate surface area is 193 Å². The third-order valence-electron chi connectivity index (χ3n) is 5.36. The molecular formula is C25H31N3O3S. The number of hydrogen-bond acceptors (Lipinski definition) is 5. The first-order valence-electron chi connectivity index (χ1n) is 10.9. The van der Waals surface area contributed by atoms with Gasteiger partial charge in [-0.25, -0.2) is 4.98 Å². The number of amides is 1. The molecule has 0 aliphatic carbocycles. The van der Waals surface area contributed by atoms with Crippen molar-refractivity contribution in [2.75, 3.05) is 26.0 Å². The third kappa shape index (κ3) is 5.99. The number of ether oxygens (including phenoxy) is 1. The van der Waals surface area contributed by atoms with Gasteiger partial charge in [0, 0.05) is 33.4 Å². The summed E-state index contributed by atoms with van der Waals surface area (Å²) in [5.74, 6) is 0.218. The Morgan fingerprint density at radius 2 is 1.97 bits per heavy atom. The van der Waals surface area contributed by atoms with E-state index in [9.17, 15) is 9.59 Å². The van der Waals surface area contributed by atoms with Crippen LogP contribution in [0, 0.1) is 13.8 Å². The third-order valence-corrected chi connectivity index (χ3v) is 6.32. The lowest BCUT2D eigenvalue weighted by Gasteiger charge is -2.19. The highest BCUT2D eigenvalue weighted by Crippen LogP contribution is 2.19. The molecule has 2 aromatic carbocycles. The molecule has 0 N–H and O–H groups in total. The number of aromatic nitrogens is 2. The monoisotopic (exact) mass is 453 g/mol. The number of carbonyl (C=O) groups is 1. The molecule has 0 saturated heterocycles. The van der Waals surface area contributed by atoms with Crippen molar-refractivity contribution in [2.45, 2.75) is 45.4 Å². The molecule has 1 aromatic heterocycles. The van der Waals surface area contributed by atoms with E-state index in [0.717, 1.165) is 5.56 Å². The van der Waals surface area contributed by atoms with Crippen molar-refractivity contribution in [2.24, 2.45) is 0 Å². The Kier molecular flexibility index (Phi) is 8.47. The van der Waals surface area contributed by atoms with E-state index < -0.39 is 0 Å². The summed E-state index contributed by atoms with van der Waals surface area (Å²) in [7, 11) is 1.81. The maximum Gasteiger partial charge on any atom is 0.262 e. The van der Waals surface area contributed by atoms with Crippen molar-refractivity contribution >= 4 is 28.6 Å². The molecule has 7 heteroatoms. The standard InChI is InChI=1S/C25H31N3O3S/c1-5-31-14-8-13-28-24(30)21-9-6-7-10-22(21)26-25(28)32-17-23(29)27(4)16-20-12-11-18(2)15-19(20)3/h6-7,9-12,15H,5,8,13-14,16-17H2,1-4H3. The fraction of sp³-hybridized carbons (Fsp3) is 0.400. The second kappa shape index (κ2) is 11.3. The van der Waals surface area contributed by atoms with Crippen molar-refractivity contribution in [3.8, 4) is 0 Å². The average Bonchev–Trinajstić information content (AvgIpc) is 2.78. The van der Waals surface area contributed by atoms with Crippen LogP contribution in [-0.2, 0) is 22.6 Å². The topological polar surface area (TPSA) is 64.4 Å². The molecule has 0 radical (unpaired) electrons. The fourth-order valence-electron chi connectivity index (χ4n) is 3.53. The summed E-state index contributed by atoms with van der Waals surface area (Å²) in [6.07, 6.45) is 0.710. The fourth-order valence-corrected chi connectivity index (χ4v) is 4.49. The van der Waals surface area contributed by atoms with E-state index in [1.54, 1.807) is 15.5 Å². The van der Waals surface area contributed by atoms with Gasteiger partial charge in [-0.05, 0) is 50.5 Å². The molecule has 0 bridgehead atoms. The molecular weight excluding hydrogens is 422 g/mol. The molecule has 0 spiro atoms. The first-order chi connectivity index (χ1) is 15.4. The van der Waals surface area contributed by atoms with E-state index in [1.807, 2.05) is 32.2 Å². The second-order valence-corrected chi connectivity index (χ2v) is 8.83. The SMILES string of the molecule is CCOCCCn1c(SCC(=O)N(C)Cc2ccc(C)cc2C)nc2ccccc2c1=O. The van der Waals surface area contributed by atoms with E-state index in [4.69, 9.17) is 4.74 Å². The van der Waals surface area contributed by atoms with E-state index in [2.05, 4.69) is 37.0 Å². The van der Waals surface area contributed by atoms with Crippen LogP contribution in [0.25, 0.3) is 10.9 Å². The molecule has 0 aliphatic heterocycles. The minimum Gasteiger partial charge on any atom is -0.382 e. The van der Waals surface area contributed by atoms with Crippen LogP contribution in [0.1, 0.15) is 30.0 Å². The van der Waals surface area contributed by atoms with Gasteiger partial charge in [0.2, 0.25) is 5.91 Å². The molecule has 3 aromatic rings. The number of thioether (sulfide) groups is 1. The van der Waals surface area contributed by atoms with E-state index in [0.29, 0.717) is 48.8 Å². The van der Waals surface area contributed by atoms with Crippen molar-refractivity contribution in [3.05, 3.63) is 69.5 Å². The molecule has 32 heavy (non-hydrogen) atoms. The molecule has 0 atom stereocenters. The second-order valence-electron chi connectivity index (χ2n) is 7.89. The molecule has 1 amide bonds. The number of hydrogen-bond donors (Lipinski definition) is 0. The number of rotatable bonds is 10. The summed E-state index contributed by atoms with van der Waals surface area (Å²) in [6, 6.07) is 13.6. The van der Waals surface area contributed by atoms with Gasteiger partial charge in [-0.1, -0.05) is 47.7 Å². The lowest BCUT2D eigenvalue weighted by atomic mass is 10.1. The molecule has 0 fully saturated rings. The molecule has 0 saturated carbocycles. The van der Waals surface area contributed by atoms with Gasteiger partial charge < -0.3 is 9.64 Å². The zero-order valence-electron chi connectivity index (χ0n) is 19.3. The maximum absolute atomic E-state index is 13.1. The predicted molar refractivity (Wildman–Crippen MR) is 130 cm³/mol. The van der Waals surface area contributed by atoms with E-state index in [-0.39, 0.29) is 17.2 Å². The van der Waals surface area contributed by atoms with Crippen molar-refractivity contribution in [1.29, 1.82) is 0 Å². The number of nitrogens with zero attached hydrogens (tertiary/aromatic N) is 3. The summed E-state index contributed by atoms with van der Waals surface area (Å²) < 4.78 is 7.09. The van der Waals surface area contributed by atoms with Crippen molar-refractivity contribution < 1.29 is 9.53 Å². The van der Waals surface area contributed by atoms with E-state index in [1.165, 1.54) is 22.9 Å². The summed E-state index contributed by atoms with van der Waals surface area (Å²) in [4.78, 5) is 32.3. The van der Waals surface area contributed by atoms with Gasteiger partial charge in [0.05, 0.1) is 16.7 Å². The van der Waals surface area contributed by atoms with Gasteiger partial charge in [0.1, 0.15) is 0 Å². The van der Waals surface area contributed by atoms with Crippen molar-refractivity contribution in [1.82, 2.24) is 14.5 Å². The smallest absolute Gasteiger partial charge is 0.262 e. The van der Waals surface area contributed by atoms with Crippen LogP contribution >= 0.6 is 11.8 Å². The first kappa shape index (κ1) is 24.0. The summed E-state index contributed by atoms with van der Waals surface area (Å²) in [5, 5.41) is 1.16. The van der Waals surface area contributed by atoms with Crippen LogP contribution in [0.5, 0.6) is 0 Å². The van der Waals surface area contributed by atoms with Gasteiger partial charge in [-0.15, -0.1) is 0 Å². The zero-order valence-corrected chi connectivity index (χ0v) is 20.1. The number of para-hydroxylation sites is 1. The largest absolute Gasteiger partial charge is 0.382 e. The van der Waals surface area contributed by atoms with Gasteiger partial charge in [-0.2, -0.15) is 0 Å². The Balaban J connectivity index is 1.74. The highest BCUT2D eigenvalue weighted by molar-refractivity contribution is 7.99. The number of aryl methyl sites for hydroxylation is 2. The molecule has 0 unspecified atom stereocenters. The normalized spacial score (nSPS) is 11.1. The maximum atomic E-state index is 13.1. The number of benzene rings is 2. The van der Waals surface area contributed by atoms with Crippen LogP contribution in [0.4, 0.5) is 0 Å². The predicted octanol–water partition coefficient (Wildman–Crippen LogP) is 4.19. The summed E-state index contributed by atoms with van der Waals surface area (Å²) in [5.41, 5.74) is 4.09. The molecule has 170 valence electrons. The summed E-state index contributed by atoms with van der Waals surface area (Å²) in [6.45, 7) is 8.36. The zero-order chi connectivity index (χ0) is 23.1. The Hall–Kier alpha value is -2.64. The number of fused-ring (bicyclic) bond motifs is 1. The van der Waals surface area contributed by atoms with Crippen LogP contribution in [0.15, 0.2) is 52.4 Å². The lowest BCUT2D eigenvalue weighted by Crippen LogP contribution is -2.29. The van der Waals surface area contributed by atoms with Crippen LogP contribution in [0.3, 0.4) is 0 Å². The van der Waals surface area contributed by atoms with Crippen LogP contribution in [0.2, 0.25) is 0 Å². The molecule has 1 heterocycles. The van der Waals surface area contributed by atoms with Gasteiger partial charge in [-0.3, -0.25) is 14.2 Å². The van der Waals surface area contributed by atoms with Crippen LogP contribution in [-0.4, -0.2) is 46.4 Å². The minimum absolute atomic E-state index is 0.00162. The Morgan fingerprint density at radius 1 is 1.19 bits per heavy atom. The Bertz CT molecular complexity index is 1140. The van der Waals surface area contributed by atoms with E-state index >= 15 is 0 Å². The highest BCUT2D eigenvalue weighted by atomic mass is 32.2. The summed E-state index contributed by atoms with van der Waals surface area (Å²) >= 11 is 1.31. The molecule has 3 rings (SSSR count). The Morgan fingerprint density at radius 3 is 2.72 bits per heavy atom. The molecule has 6 nitrogen and oxygen atoms in total. The average molecular weight is 454 g/mol. The van der Waals surface area contributed by atoms with Crippen LogP contribution < -0.4 is 5.56 Å². The molecule has 0 aliphatic rings. The number of carbonyl (C=O) groups excluding carboxylic acids is 1. The van der Waals surface area contributed by atoms with Crippen molar-refractivity contribution in [3.63, 3.8) is 0 Å². The highest BCUT2D eigenvalue weighted by Gasteiger charge is 2.16. The van der Waals surface area contributed by atoms with Gasteiger partial charge >= 0.3 is 0 Å². The van der Waals surface area contributed by atoms with Gasteiger partial charge in [0.25, 0.3) is 5.56 Å². The quantitative estimate of drug-likeness (QED) is 0.262. The van der Waals surface area contributed by atoms with Gasteiger partial charge in [0.15, 0.2) is 5.16 Å². The first-order valence-corrected chi connectivity index (χ1v) is 11.9.